The fourth-order valence-corrected chi connectivity index (χ4v) is 1.55. The Kier molecular flexibility index (Phi) is 7.13. The van der Waals surface area contributed by atoms with E-state index in [4.69, 9.17) is 5.11 Å². The standard InChI is InChI=1S/C11H24N2O2/c1-5-13(6-2)11(15)12-8-9(3)7-10(4)14/h9-10,14H,5-8H2,1-4H3,(H,12,15)/t9-,10-/m0/s1. The maximum Gasteiger partial charge on any atom is 0.317 e. The van der Waals surface area contributed by atoms with Gasteiger partial charge < -0.3 is 15.3 Å². The highest BCUT2D eigenvalue weighted by Crippen LogP contribution is 2.04. The molecule has 4 heteroatoms. The maximum absolute atomic E-state index is 11.5. The number of hydrogen-bond donors (Lipinski definition) is 2. The van der Waals surface area contributed by atoms with Gasteiger partial charge in [-0.2, -0.15) is 0 Å². The minimum atomic E-state index is -0.301. The second-order valence-corrected chi connectivity index (χ2v) is 4.05. The Morgan fingerprint density at radius 3 is 2.27 bits per heavy atom. The maximum atomic E-state index is 11.5. The van der Waals surface area contributed by atoms with E-state index in [0.29, 0.717) is 12.5 Å². The molecule has 0 aromatic rings. The predicted octanol–water partition coefficient (Wildman–Crippen LogP) is 1.44. The van der Waals surface area contributed by atoms with E-state index in [1.165, 1.54) is 0 Å². The van der Waals surface area contributed by atoms with Crippen LogP contribution in [0.25, 0.3) is 0 Å². The Morgan fingerprint density at radius 2 is 1.87 bits per heavy atom. The molecule has 0 radical (unpaired) electrons. The summed E-state index contributed by atoms with van der Waals surface area (Å²) in [4.78, 5) is 13.3. The normalized spacial score (nSPS) is 14.5. The van der Waals surface area contributed by atoms with E-state index in [-0.39, 0.29) is 12.1 Å². The van der Waals surface area contributed by atoms with Gasteiger partial charge in [0.2, 0.25) is 0 Å². The van der Waals surface area contributed by atoms with Crippen molar-refractivity contribution >= 4 is 6.03 Å². The Balaban J connectivity index is 3.79. The van der Waals surface area contributed by atoms with Gasteiger partial charge in [-0.1, -0.05) is 6.92 Å². The molecule has 0 aliphatic rings. The summed E-state index contributed by atoms with van der Waals surface area (Å²) in [6.07, 6.45) is 0.420. The zero-order valence-electron chi connectivity index (χ0n) is 10.3. The SMILES string of the molecule is CCN(CC)C(=O)NC[C@@H](C)C[C@H](C)O. The molecular formula is C11H24N2O2. The van der Waals surface area contributed by atoms with Crippen LogP contribution >= 0.6 is 0 Å². The molecule has 90 valence electrons. The van der Waals surface area contributed by atoms with Crippen molar-refractivity contribution in [1.29, 1.82) is 0 Å². The van der Waals surface area contributed by atoms with Crippen molar-refractivity contribution in [2.75, 3.05) is 19.6 Å². The van der Waals surface area contributed by atoms with Crippen LogP contribution in [0.4, 0.5) is 4.79 Å². The molecule has 0 aromatic carbocycles. The lowest BCUT2D eigenvalue weighted by atomic mass is 10.1. The lowest BCUT2D eigenvalue weighted by Gasteiger charge is -2.21. The van der Waals surface area contributed by atoms with E-state index in [1.807, 2.05) is 20.8 Å². The number of nitrogens with one attached hydrogen (secondary N) is 1. The summed E-state index contributed by atoms with van der Waals surface area (Å²) in [5.74, 6) is 0.310. The van der Waals surface area contributed by atoms with Crippen molar-refractivity contribution in [2.45, 2.75) is 40.2 Å². The lowest BCUT2D eigenvalue weighted by molar-refractivity contribution is 0.161. The first-order chi connectivity index (χ1) is 7.01. The smallest absolute Gasteiger partial charge is 0.317 e. The van der Waals surface area contributed by atoms with Crippen molar-refractivity contribution in [3.63, 3.8) is 0 Å². The molecular weight excluding hydrogens is 192 g/mol. The van der Waals surface area contributed by atoms with Crippen molar-refractivity contribution in [3.8, 4) is 0 Å². The summed E-state index contributed by atoms with van der Waals surface area (Å²) in [7, 11) is 0. The van der Waals surface area contributed by atoms with Crippen LogP contribution in [0.2, 0.25) is 0 Å². The largest absolute Gasteiger partial charge is 0.393 e. The Labute approximate surface area is 92.7 Å². The molecule has 2 atom stereocenters. The van der Waals surface area contributed by atoms with Crippen LogP contribution < -0.4 is 5.32 Å². The second kappa shape index (κ2) is 7.51. The number of carbonyl (C=O) groups is 1. The number of hydrogen-bond acceptors (Lipinski definition) is 2. The van der Waals surface area contributed by atoms with Crippen molar-refractivity contribution in [1.82, 2.24) is 10.2 Å². The monoisotopic (exact) mass is 216 g/mol. The van der Waals surface area contributed by atoms with E-state index in [0.717, 1.165) is 19.5 Å². The molecule has 0 saturated heterocycles. The Bertz CT molecular complexity index is 179. The number of urea groups is 1. The molecule has 0 rings (SSSR count). The first-order valence-electron chi connectivity index (χ1n) is 5.72. The van der Waals surface area contributed by atoms with Gasteiger partial charge >= 0.3 is 6.03 Å². The first kappa shape index (κ1) is 14.2. The molecule has 0 bridgehead atoms. The molecule has 0 aromatic heterocycles. The molecule has 0 saturated carbocycles. The molecule has 0 heterocycles. The molecule has 4 nitrogen and oxygen atoms in total. The van der Waals surface area contributed by atoms with Gasteiger partial charge in [0, 0.05) is 19.6 Å². The van der Waals surface area contributed by atoms with Gasteiger partial charge in [0.1, 0.15) is 0 Å². The van der Waals surface area contributed by atoms with E-state index < -0.39 is 0 Å². The van der Waals surface area contributed by atoms with Gasteiger partial charge in [0.25, 0.3) is 0 Å². The van der Waals surface area contributed by atoms with Crippen molar-refractivity contribution in [3.05, 3.63) is 0 Å². The van der Waals surface area contributed by atoms with Crippen LogP contribution in [0, 0.1) is 5.92 Å². The Morgan fingerprint density at radius 1 is 1.33 bits per heavy atom. The highest BCUT2D eigenvalue weighted by molar-refractivity contribution is 5.74. The topological polar surface area (TPSA) is 52.6 Å². The van der Waals surface area contributed by atoms with Crippen LogP contribution in [0.3, 0.4) is 0 Å². The summed E-state index contributed by atoms with van der Waals surface area (Å²) in [6, 6.07) is -0.0163. The highest BCUT2D eigenvalue weighted by atomic mass is 16.3. The molecule has 0 spiro atoms. The van der Waals surface area contributed by atoms with Gasteiger partial charge in [-0.3, -0.25) is 0 Å². The van der Waals surface area contributed by atoms with E-state index in [1.54, 1.807) is 11.8 Å². The number of aliphatic hydroxyl groups excluding tert-OH is 1. The van der Waals surface area contributed by atoms with Crippen LogP contribution in [-0.4, -0.2) is 41.8 Å². The second-order valence-electron chi connectivity index (χ2n) is 4.05. The third-order valence-electron chi connectivity index (χ3n) is 2.40. The van der Waals surface area contributed by atoms with Crippen LogP contribution in [0.15, 0.2) is 0 Å². The zero-order valence-corrected chi connectivity index (χ0v) is 10.3. The molecule has 0 fully saturated rings. The number of amides is 2. The number of rotatable bonds is 6. The van der Waals surface area contributed by atoms with Gasteiger partial charge in [0.05, 0.1) is 6.10 Å². The van der Waals surface area contributed by atoms with Gasteiger partial charge in [0.15, 0.2) is 0 Å². The van der Waals surface area contributed by atoms with Crippen molar-refractivity contribution in [2.24, 2.45) is 5.92 Å². The van der Waals surface area contributed by atoms with E-state index in [9.17, 15) is 4.79 Å². The molecule has 0 aliphatic heterocycles. The third kappa shape index (κ3) is 6.33. The average Bonchev–Trinajstić information content (AvgIpc) is 2.15. The minimum Gasteiger partial charge on any atom is -0.393 e. The number of nitrogens with zero attached hydrogens (tertiary/aromatic N) is 1. The van der Waals surface area contributed by atoms with Gasteiger partial charge in [-0.25, -0.2) is 4.79 Å². The number of carbonyl (C=O) groups excluding carboxylic acids is 1. The summed E-state index contributed by atoms with van der Waals surface area (Å²) < 4.78 is 0. The molecule has 2 N–H and O–H groups in total. The Hall–Kier alpha value is -0.770. The van der Waals surface area contributed by atoms with Gasteiger partial charge in [-0.05, 0) is 33.1 Å². The van der Waals surface area contributed by atoms with Crippen LogP contribution in [-0.2, 0) is 0 Å². The van der Waals surface area contributed by atoms with Gasteiger partial charge in [-0.15, -0.1) is 0 Å². The minimum absolute atomic E-state index is 0.0163. The summed E-state index contributed by atoms with van der Waals surface area (Å²) in [5, 5.41) is 12.0. The highest BCUT2D eigenvalue weighted by Gasteiger charge is 2.11. The van der Waals surface area contributed by atoms with Crippen LogP contribution in [0.1, 0.15) is 34.1 Å². The van der Waals surface area contributed by atoms with Crippen molar-refractivity contribution < 1.29 is 9.90 Å². The summed E-state index contributed by atoms with van der Waals surface area (Å²) in [5.41, 5.74) is 0. The zero-order chi connectivity index (χ0) is 11.8. The third-order valence-corrected chi connectivity index (χ3v) is 2.40. The lowest BCUT2D eigenvalue weighted by Crippen LogP contribution is -2.41. The number of aliphatic hydroxyl groups is 1. The van der Waals surface area contributed by atoms with E-state index in [2.05, 4.69) is 5.32 Å². The van der Waals surface area contributed by atoms with E-state index >= 15 is 0 Å². The molecule has 0 aliphatic carbocycles. The molecule has 15 heavy (non-hydrogen) atoms. The first-order valence-corrected chi connectivity index (χ1v) is 5.72. The quantitative estimate of drug-likeness (QED) is 0.706. The summed E-state index contributed by atoms with van der Waals surface area (Å²) >= 11 is 0. The predicted molar refractivity (Wildman–Crippen MR) is 61.8 cm³/mol. The average molecular weight is 216 g/mol. The fourth-order valence-electron chi connectivity index (χ4n) is 1.55. The molecule has 2 amide bonds. The molecule has 0 unspecified atom stereocenters. The summed E-state index contributed by atoms with van der Waals surface area (Å²) in [6.45, 7) is 9.79. The fraction of sp³-hybridized carbons (Fsp3) is 0.909. The van der Waals surface area contributed by atoms with Crippen LogP contribution in [0.5, 0.6) is 0 Å².